The van der Waals surface area contributed by atoms with E-state index in [9.17, 15) is 9.18 Å². The summed E-state index contributed by atoms with van der Waals surface area (Å²) in [5, 5.41) is 0. The molecule has 0 aliphatic heterocycles. The number of allylic oxidation sites excluding steroid dienone is 2. The fourth-order valence-corrected chi connectivity index (χ4v) is 1.51. The van der Waals surface area contributed by atoms with Gasteiger partial charge in [-0.3, -0.25) is 4.79 Å². The number of benzene rings is 1. The van der Waals surface area contributed by atoms with Gasteiger partial charge < -0.3 is 0 Å². The molecule has 0 aromatic heterocycles. The van der Waals surface area contributed by atoms with Crippen molar-refractivity contribution < 1.29 is 9.18 Å². The number of ketones is 1. The average Bonchev–Trinajstić information content (AvgIpc) is 2.00. The van der Waals surface area contributed by atoms with Gasteiger partial charge in [0.05, 0.1) is 0 Å². The Hall–Kier alpha value is -0.960. The molecule has 3 heteroatoms. The van der Waals surface area contributed by atoms with Crippen molar-refractivity contribution in [2.24, 2.45) is 0 Å². The highest BCUT2D eigenvalue weighted by molar-refractivity contribution is 9.10. The predicted molar refractivity (Wildman–Crippen MR) is 57.9 cm³/mol. The van der Waals surface area contributed by atoms with E-state index in [1.165, 1.54) is 18.2 Å². The Morgan fingerprint density at radius 3 is 2.50 bits per heavy atom. The molecule has 0 heterocycles. The molecule has 74 valence electrons. The maximum atomic E-state index is 12.9. The van der Waals surface area contributed by atoms with Gasteiger partial charge in [0.15, 0.2) is 5.78 Å². The summed E-state index contributed by atoms with van der Waals surface area (Å²) in [5.74, 6) is -0.588. The SMILES string of the molecule is CC(C)=CC(=O)c1cc(F)cc(Br)c1. The first-order chi connectivity index (χ1) is 6.49. The molecule has 0 aliphatic rings. The Labute approximate surface area is 90.8 Å². The second-order valence-electron chi connectivity index (χ2n) is 3.24. The van der Waals surface area contributed by atoms with E-state index < -0.39 is 5.82 Å². The van der Waals surface area contributed by atoms with Crippen molar-refractivity contribution in [2.75, 3.05) is 0 Å². The van der Waals surface area contributed by atoms with E-state index in [4.69, 9.17) is 0 Å². The van der Waals surface area contributed by atoms with Crippen molar-refractivity contribution in [3.05, 3.63) is 45.7 Å². The zero-order valence-electron chi connectivity index (χ0n) is 7.97. The molecule has 0 saturated heterocycles. The maximum Gasteiger partial charge on any atom is 0.185 e. The van der Waals surface area contributed by atoms with Crippen molar-refractivity contribution in [3.8, 4) is 0 Å². The van der Waals surface area contributed by atoms with Crippen LogP contribution in [-0.4, -0.2) is 5.78 Å². The molecular formula is C11H10BrFO. The molecule has 0 unspecified atom stereocenters. The number of rotatable bonds is 2. The largest absolute Gasteiger partial charge is 0.289 e. The van der Waals surface area contributed by atoms with Gasteiger partial charge in [-0.05, 0) is 38.1 Å². The molecule has 0 saturated carbocycles. The van der Waals surface area contributed by atoms with Gasteiger partial charge >= 0.3 is 0 Å². The topological polar surface area (TPSA) is 17.1 Å². The zero-order valence-corrected chi connectivity index (χ0v) is 9.56. The molecule has 1 nitrogen and oxygen atoms in total. The highest BCUT2D eigenvalue weighted by atomic mass is 79.9. The van der Waals surface area contributed by atoms with Crippen molar-refractivity contribution in [2.45, 2.75) is 13.8 Å². The van der Waals surface area contributed by atoms with Crippen LogP contribution in [0.4, 0.5) is 4.39 Å². The molecule has 0 amide bonds. The lowest BCUT2D eigenvalue weighted by Gasteiger charge is -1.98. The summed E-state index contributed by atoms with van der Waals surface area (Å²) in [6, 6.07) is 4.15. The van der Waals surface area contributed by atoms with Crippen LogP contribution in [0.3, 0.4) is 0 Å². The molecular weight excluding hydrogens is 247 g/mol. The summed E-state index contributed by atoms with van der Waals surface area (Å²) >= 11 is 3.13. The summed E-state index contributed by atoms with van der Waals surface area (Å²) in [6.07, 6.45) is 1.49. The Bertz CT molecular complexity index is 372. The molecule has 0 fully saturated rings. The van der Waals surface area contributed by atoms with Crippen molar-refractivity contribution in [1.82, 2.24) is 0 Å². The van der Waals surface area contributed by atoms with E-state index in [-0.39, 0.29) is 5.78 Å². The van der Waals surface area contributed by atoms with Gasteiger partial charge in [-0.25, -0.2) is 4.39 Å². The predicted octanol–water partition coefficient (Wildman–Crippen LogP) is 3.74. The highest BCUT2D eigenvalue weighted by Crippen LogP contribution is 2.15. The van der Waals surface area contributed by atoms with Gasteiger partial charge in [0, 0.05) is 10.0 Å². The van der Waals surface area contributed by atoms with E-state index in [0.717, 1.165) is 5.57 Å². The first kappa shape index (κ1) is 11.1. The van der Waals surface area contributed by atoms with E-state index in [0.29, 0.717) is 10.0 Å². The van der Waals surface area contributed by atoms with E-state index >= 15 is 0 Å². The third-order valence-corrected chi connectivity index (χ3v) is 2.02. The second-order valence-corrected chi connectivity index (χ2v) is 4.16. The van der Waals surface area contributed by atoms with Crippen LogP contribution in [-0.2, 0) is 0 Å². The van der Waals surface area contributed by atoms with Crippen LogP contribution in [0.15, 0.2) is 34.3 Å². The smallest absolute Gasteiger partial charge is 0.185 e. The van der Waals surface area contributed by atoms with Gasteiger partial charge in [-0.1, -0.05) is 21.5 Å². The molecule has 1 aromatic rings. The summed E-state index contributed by atoms with van der Waals surface area (Å²) in [7, 11) is 0. The van der Waals surface area contributed by atoms with Crippen molar-refractivity contribution in [1.29, 1.82) is 0 Å². The fourth-order valence-electron chi connectivity index (χ4n) is 1.04. The number of carbonyl (C=O) groups excluding carboxylic acids is 1. The third kappa shape index (κ3) is 3.07. The molecule has 0 radical (unpaired) electrons. The third-order valence-electron chi connectivity index (χ3n) is 1.57. The Balaban J connectivity index is 3.08. The monoisotopic (exact) mass is 256 g/mol. The van der Waals surface area contributed by atoms with Crippen LogP contribution >= 0.6 is 15.9 Å². The minimum atomic E-state index is -0.412. The van der Waals surface area contributed by atoms with E-state index in [2.05, 4.69) is 15.9 Å². The Morgan fingerprint density at radius 1 is 1.36 bits per heavy atom. The Morgan fingerprint density at radius 2 is 2.00 bits per heavy atom. The molecule has 0 bridgehead atoms. The first-order valence-electron chi connectivity index (χ1n) is 4.14. The van der Waals surface area contributed by atoms with Gasteiger partial charge in [0.2, 0.25) is 0 Å². The molecule has 1 aromatic carbocycles. The minimum absolute atomic E-state index is 0.176. The zero-order chi connectivity index (χ0) is 10.7. The van der Waals surface area contributed by atoms with Crippen LogP contribution in [0.2, 0.25) is 0 Å². The van der Waals surface area contributed by atoms with Gasteiger partial charge in [-0.2, -0.15) is 0 Å². The van der Waals surface area contributed by atoms with Crippen LogP contribution in [0.5, 0.6) is 0 Å². The number of carbonyl (C=O) groups is 1. The number of hydrogen-bond acceptors (Lipinski definition) is 1. The summed E-state index contributed by atoms with van der Waals surface area (Å²) in [5.41, 5.74) is 1.26. The van der Waals surface area contributed by atoms with Crippen LogP contribution in [0.1, 0.15) is 24.2 Å². The molecule has 0 N–H and O–H groups in total. The van der Waals surface area contributed by atoms with Crippen LogP contribution < -0.4 is 0 Å². The molecule has 0 spiro atoms. The second kappa shape index (κ2) is 4.51. The van der Waals surface area contributed by atoms with Crippen molar-refractivity contribution in [3.63, 3.8) is 0 Å². The quantitative estimate of drug-likeness (QED) is 0.582. The lowest BCUT2D eigenvalue weighted by Crippen LogP contribution is -1.96. The number of halogens is 2. The maximum absolute atomic E-state index is 12.9. The summed E-state index contributed by atoms with van der Waals surface area (Å²) < 4.78 is 13.5. The fraction of sp³-hybridized carbons (Fsp3) is 0.182. The summed E-state index contributed by atoms with van der Waals surface area (Å²) in [4.78, 5) is 11.5. The molecule has 14 heavy (non-hydrogen) atoms. The molecule has 0 atom stereocenters. The van der Waals surface area contributed by atoms with Gasteiger partial charge in [-0.15, -0.1) is 0 Å². The van der Waals surface area contributed by atoms with E-state index in [1.807, 2.05) is 13.8 Å². The lowest BCUT2D eigenvalue weighted by molar-refractivity contribution is 0.104. The lowest BCUT2D eigenvalue weighted by atomic mass is 10.1. The first-order valence-corrected chi connectivity index (χ1v) is 4.93. The van der Waals surface area contributed by atoms with E-state index in [1.54, 1.807) is 6.07 Å². The summed E-state index contributed by atoms with van der Waals surface area (Å²) in [6.45, 7) is 3.65. The average molecular weight is 257 g/mol. The highest BCUT2D eigenvalue weighted by Gasteiger charge is 2.05. The minimum Gasteiger partial charge on any atom is -0.289 e. The van der Waals surface area contributed by atoms with Crippen LogP contribution in [0, 0.1) is 5.82 Å². The molecule has 0 aliphatic carbocycles. The van der Waals surface area contributed by atoms with Crippen molar-refractivity contribution >= 4 is 21.7 Å². The standard InChI is InChI=1S/C11H10BrFO/c1-7(2)3-11(14)8-4-9(12)6-10(13)5-8/h3-6H,1-2H3. The van der Waals surface area contributed by atoms with Crippen LogP contribution in [0.25, 0.3) is 0 Å². The molecule has 1 rings (SSSR count). The Kier molecular flexibility index (Phi) is 3.58. The van der Waals surface area contributed by atoms with Gasteiger partial charge in [0.1, 0.15) is 5.82 Å². The number of hydrogen-bond donors (Lipinski definition) is 0. The normalized spacial score (nSPS) is 9.71. The van der Waals surface area contributed by atoms with Gasteiger partial charge in [0.25, 0.3) is 0 Å².